The van der Waals surface area contributed by atoms with Gasteiger partial charge in [-0.25, -0.2) is 0 Å². The zero-order chi connectivity index (χ0) is 14.9. The zero-order valence-electron chi connectivity index (χ0n) is 12.2. The van der Waals surface area contributed by atoms with E-state index in [1.54, 1.807) is 18.2 Å². The number of benzene rings is 1. The van der Waals surface area contributed by atoms with Crippen molar-refractivity contribution in [2.45, 2.75) is 45.6 Å². The van der Waals surface area contributed by atoms with Crippen molar-refractivity contribution < 1.29 is 4.79 Å². The predicted molar refractivity (Wildman–Crippen MR) is 87.3 cm³/mol. The lowest BCUT2D eigenvalue weighted by Gasteiger charge is -2.38. The predicted octanol–water partition coefficient (Wildman–Crippen LogP) is 5.14. The summed E-state index contributed by atoms with van der Waals surface area (Å²) >= 11 is 9.35. The van der Waals surface area contributed by atoms with Crippen LogP contribution >= 0.6 is 27.5 Å². The molecule has 1 amide bonds. The van der Waals surface area contributed by atoms with E-state index in [1.165, 1.54) is 12.8 Å². The zero-order valence-corrected chi connectivity index (χ0v) is 14.6. The van der Waals surface area contributed by atoms with Crippen LogP contribution in [0.15, 0.2) is 22.7 Å². The minimum absolute atomic E-state index is 0.0678. The van der Waals surface area contributed by atoms with E-state index in [-0.39, 0.29) is 5.91 Å². The molecular weight excluding hydrogens is 338 g/mol. The van der Waals surface area contributed by atoms with Crippen molar-refractivity contribution in [2.24, 2.45) is 5.41 Å². The minimum atomic E-state index is 0.0678. The summed E-state index contributed by atoms with van der Waals surface area (Å²) in [4.78, 5) is 14.5. The van der Waals surface area contributed by atoms with Gasteiger partial charge in [0.05, 0.1) is 5.56 Å². The smallest absolute Gasteiger partial charge is 0.254 e. The second-order valence-electron chi connectivity index (χ2n) is 6.44. The Labute approximate surface area is 134 Å². The minimum Gasteiger partial charge on any atom is -0.339 e. The molecule has 0 bridgehead atoms. The fourth-order valence-corrected chi connectivity index (χ4v) is 3.64. The van der Waals surface area contributed by atoms with Crippen LogP contribution in [0.5, 0.6) is 0 Å². The normalized spacial score (nSPS) is 18.9. The Balaban J connectivity index is 2.09. The Morgan fingerprint density at radius 1 is 1.35 bits per heavy atom. The van der Waals surface area contributed by atoms with Gasteiger partial charge < -0.3 is 4.90 Å². The molecule has 1 aromatic rings. The lowest BCUT2D eigenvalue weighted by atomic mass is 9.75. The van der Waals surface area contributed by atoms with Crippen LogP contribution in [0.25, 0.3) is 0 Å². The third-order valence-electron chi connectivity index (χ3n) is 4.34. The standard InChI is InChI=1S/C16H21BrClNO/c1-16(2)8-6-12(7-9-16)19(3)15(20)13-5-4-11(18)10-14(13)17/h4-5,10,12H,6-9H2,1-3H3. The number of hydrogen-bond acceptors (Lipinski definition) is 1. The van der Waals surface area contributed by atoms with E-state index in [9.17, 15) is 4.79 Å². The first-order chi connectivity index (χ1) is 9.30. The number of halogens is 2. The van der Waals surface area contributed by atoms with E-state index in [0.717, 1.165) is 17.3 Å². The van der Waals surface area contributed by atoms with Gasteiger partial charge in [0.2, 0.25) is 0 Å². The molecule has 0 heterocycles. The van der Waals surface area contributed by atoms with E-state index >= 15 is 0 Å². The van der Waals surface area contributed by atoms with Crippen molar-refractivity contribution in [1.29, 1.82) is 0 Å². The summed E-state index contributed by atoms with van der Waals surface area (Å²) in [5, 5.41) is 0.635. The van der Waals surface area contributed by atoms with Gasteiger partial charge in [0.25, 0.3) is 5.91 Å². The Bertz CT molecular complexity index is 505. The highest BCUT2D eigenvalue weighted by Crippen LogP contribution is 2.37. The summed E-state index contributed by atoms with van der Waals surface area (Å²) in [6.07, 6.45) is 4.52. The summed E-state index contributed by atoms with van der Waals surface area (Å²) < 4.78 is 0.762. The SMILES string of the molecule is CN(C(=O)c1ccc(Cl)cc1Br)C1CCC(C)(C)CC1. The molecule has 1 aliphatic rings. The quantitative estimate of drug-likeness (QED) is 0.716. The number of nitrogens with zero attached hydrogens (tertiary/aromatic N) is 1. The monoisotopic (exact) mass is 357 g/mol. The van der Waals surface area contributed by atoms with E-state index < -0.39 is 0 Å². The second kappa shape index (κ2) is 6.07. The molecule has 1 saturated carbocycles. The number of amides is 1. The molecular formula is C16H21BrClNO. The van der Waals surface area contributed by atoms with Gasteiger partial charge in [0.1, 0.15) is 0 Å². The van der Waals surface area contributed by atoms with E-state index in [4.69, 9.17) is 11.6 Å². The largest absolute Gasteiger partial charge is 0.339 e. The number of hydrogen-bond donors (Lipinski definition) is 0. The number of carbonyl (C=O) groups is 1. The lowest BCUT2D eigenvalue weighted by Crippen LogP contribution is -2.41. The molecule has 0 N–H and O–H groups in total. The first kappa shape index (κ1) is 15.8. The van der Waals surface area contributed by atoms with Crippen LogP contribution in [0.3, 0.4) is 0 Å². The molecule has 1 fully saturated rings. The summed E-state index contributed by atoms with van der Waals surface area (Å²) in [6, 6.07) is 5.67. The Hall–Kier alpha value is -0.540. The third-order valence-corrected chi connectivity index (χ3v) is 5.23. The van der Waals surface area contributed by atoms with Crippen LogP contribution in [0.1, 0.15) is 49.9 Å². The molecule has 20 heavy (non-hydrogen) atoms. The van der Waals surface area contributed by atoms with Gasteiger partial charge in [0, 0.05) is 22.6 Å². The molecule has 110 valence electrons. The van der Waals surface area contributed by atoms with Crippen LogP contribution in [0.4, 0.5) is 0 Å². The van der Waals surface area contributed by atoms with Crippen molar-refractivity contribution in [2.75, 3.05) is 7.05 Å². The van der Waals surface area contributed by atoms with Crippen LogP contribution in [0.2, 0.25) is 5.02 Å². The molecule has 1 aromatic carbocycles. The highest BCUT2D eigenvalue weighted by molar-refractivity contribution is 9.10. The Morgan fingerprint density at radius 3 is 2.50 bits per heavy atom. The fraction of sp³-hybridized carbons (Fsp3) is 0.562. The van der Waals surface area contributed by atoms with Gasteiger partial charge in [-0.2, -0.15) is 0 Å². The van der Waals surface area contributed by atoms with Gasteiger partial charge >= 0.3 is 0 Å². The average Bonchev–Trinajstić information content (AvgIpc) is 2.37. The molecule has 0 aliphatic heterocycles. The average molecular weight is 359 g/mol. The van der Waals surface area contributed by atoms with Crippen LogP contribution in [0, 0.1) is 5.41 Å². The molecule has 0 radical (unpaired) electrons. The molecule has 0 aromatic heterocycles. The highest BCUT2D eigenvalue weighted by Gasteiger charge is 2.31. The summed E-state index contributed by atoms with van der Waals surface area (Å²) in [5.41, 5.74) is 1.10. The Kier molecular flexibility index (Phi) is 4.80. The van der Waals surface area contributed by atoms with Gasteiger partial charge in [-0.3, -0.25) is 4.79 Å². The number of rotatable bonds is 2. The molecule has 2 rings (SSSR count). The molecule has 1 aliphatic carbocycles. The molecule has 0 saturated heterocycles. The topological polar surface area (TPSA) is 20.3 Å². The first-order valence-corrected chi connectivity index (χ1v) is 8.19. The second-order valence-corrected chi connectivity index (χ2v) is 7.73. The lowest BCUT2D eigenvalue weighted by molar-refractivity contribution is 0.0634. The molecule has 0 spiro atoms. The van der Waals surface area contributed by atoms with Crippen LogP contribution in [-0.2, 0) is 0 Å². The van der Waals surface area contributed by atoms with Crippen LogP contribution < -0.4 is 0 Å². The summed E-state index contributed by atoms with van der Waals surface area (Å²) in [6.45, 7) is 4.61. The van der Waals surface area contributed by atoms with Gasteiger partial charge in [-0.1, -0.05) is 25.4 Å². The molecule has 0 atom stereocenters. The maximum atomic E-state index is 12.6. The molecule has 0 unspecified atom stereocenters. The van der Waals surface area contributed by atoms with Crippen molar-refractivity contribution in [1.82, 2.24) is 4.90 Å². The first-order valence-electron chi connectivity index (χ1n) is 7.02. The maximum absolute atomic E-state index is 12.6. The molecule has 4 heteroatoms. The molecule has 2 nitrogen and oxygen atoms in total. The third kappa shape index (κ3) is 3.56. The Morgan fingerprint density at radius 2 is 1.95 bits per heavy atom. The summed E-state index contributed by atoms with van der Waals surface area (Å²) in [5.74, 6) is 0.0678. The number of carbonyl (C=O) groups excluding carboxylic acids is 1. The van der Waals surface area contributed by atoms with Gasteiger partial charge in [-0.05, 0) is 65.2 Å². The van der Waals surface area contributed by atoms with Crippen molar-refractivity contribution in [3.63, 3.8) is 0 Å². The van der Waals surface area contributed by atoms with Crippen molar-refractivity contribution in [3.05, 3.63) is 33.3 Å². The summed E-state index contributed by atoms with van der Waals surface area (Å²) in [7, 11) is 1.91. The van der Waals surface area contributed by atoms with E-state index in [2.05, 4.69) is 29.8 Å². The van der Waals surface area contributed by atoms with Crippen molar-refractivity contribution in [3.8, 4) is 0 Å². The van der Waals surface area contributed by atoms with E-state index in [1.807, 2.05) is 11.9 Å². The fourth-order valence-electron chi connectivity index (χ4n) is 2.79. The van der Waals surface area contributed by atoms with Gasteiger partial charge in [-0.15, -0.1) is 0 Å². The maximum Gasteiger partial charge on any atom is 0.254 e. The van der Waals surface area contributed by atoms with Gasteiger partial charge in [0.15, 0.2) is 0 Å². The highest BCUT2D eigenvalue weighted by atomic mass is 79.9. The van der Waals surface area contributed by atoms with E-state index in [0.29, 0.717) is 22.0 Å². The van der Waals surface area contributed by atoms with Crippen molar-refractivity contribution >= 4 is 33.4 Å². The van der Waals surface area contributed by atoms with Crippen LogP contribution in [-0.4, -0.2) is 23.9 Å².